The van der Waals surface area contributed by atoms with Crippen LogP contribution in [0.1, 0.15) is 16.8 Å². The molecule has 3 aromatic rings. The molecule has 0 aliphatic carbocycles. The van der Waals surface area contributed by atoms with Crippen LogP contribution in [0.5, 0.6) is 0 Å². The molecule has 3 N–H and O–H groups in total. The van der Waals surface area contributed by atoms with Gasteiger partial charge in [0, 0.05) is 36.0 Å². The number of nitrogens with zero attached hydrogens (tertiary/aromatic N) is 3. The number of rotatable bonds is 4. The number of fused-ring (bicyclic) bond motifs is 1. The minimum absolute atomic E-state index is 0.578. The third-order valence-electron chi connectivity index (χ3n) is 3.87. The van der Waals surface area contributed by atoms with Crippen molar-refractivity contribution in [1.29, 1.82) is 0 Å². The van der Waals surface area contributed by atoms with Crippen LogP contribution in [0.2, 0.25) is 0 Å². The zero-order valence-corrected chi connectivity index (χ0v) is 13.2. The maximum atomic E-state index is 5.61. The number of hydrogen-bond donors (Lipinski definition) is 2. The third kappa shape index (κ3) is 2.55. The Morgan fingerprint density at radius 2 is 1.86 bits per heavy atom. The fourth-order valence-electron chi connectivity index (χ4n) is 2.46. The van der Waals surface area contributed by atoms with Gasteiger partial charge in [0.1, 0.15) is 5.82 Å². The van der Waals surface area contributed by atoms with E-state index in [1.165, 1.54) is 5.56 Å². The zero-order chi connectivity index (χ0) is 15.7. The van der Waals surface area contributed by atoms with Crippen molar-refractivity contribution in [3.63, 3.8) is 0 Å². The van der Waals surface area contributed by atoms with Gasteiger partial charge in [-0.05, 0) is 20.8 Å². The Bertz CT molecular complexity index is 802. The Balaban J connectivity index is 2.14. The van der Waals surface area contributed by atoms with Crippen molar-refractivity contribution in [2.45, 2.75) is 20.8 Å². The summed E-state index contributed by atoms with van der Waals surface area (Å²) in [5.74, 6) is 0.964. The average Bonchev–Trinajstić information content (AvgIpc) is 2.92. The van der Waals surface area contributed by atoms with Crippen molar-refractivity contribution in [1.82, 2.24) is 14.6 Å². The number of anilines is 1. The van der Waals surface area contributed by atoms with E-state index in [9.17, 15) is 0 Å². The molecule has 0 radical (unpaired) electrons. The van der Waals surface area contributed by atoms with Crippen LogP contribution in [0.25, 0.3) is 16.9 Å². The molecule has 0 saturated carbocycles. The van der Waals surface area contributed by atoms with Crippen molar-refractivity contribution in [2.24, 2.45) is 5.73 Å². The highest BCUT2D eigenvalue weighted by atomic mass is 15.3. The van der Waals surface area contributed by atoms with Crippen LogP contribution >= 0.6 is 0 Å². The van der Waals surface area contributed by atoms with E-state index < -0.39 is 0 Å². The Kier molecular flexibility index (Phi) is 3.81. The molecule has 0 unspecified atom stereocenters. The molecule has 5 heteroatoms. The van der Waals surface area contributed by atoms with Gasteiger partial charge in [-0.15, -0.1) is 0 Å². The first kappa shape index (κ1) is 14.5. The number of hydrogen-bond acceptors (Lipinski definition) is 4. The molecule has 0 fully saturated rings. The Morgan fingerprint density at radius 1 is 1.14 bits per heavy atom. The molecule has 1 aromatic carbocycles. The van der Waals surface area contributed by atoms with Crippen LogP contribution in [-0.2, 0) is 0 Å². The summed E-state index contributed by atoms with van der Waals surface area (Å²) in [6, 6.07) is 10.4. The van der Waals surface area contributed by atoms with Crippen LogP contribution < -0.4 is 11.1 Å². The summed E-state index contributed by atoms with van der Waals surface area (Å²) in [4.78, 5) is 4.64. The van der Waals surface area contributed by atoms with E-state index >= 15 is 0 Å². The quantitative estimate of drug-likeness (QED) is 0.776. The van der Waals surface area contributed by atoms with E-state index in [-0.39, 0.29) is 0 Å². The monoisotopic (exact) mass is 295 g/mol. The molecule has 3 rings (SSSR count). The van der Waals surface area contributed by atoms with Gasteiger partial charge in [-0.1, -0.05) is 29.8 Å². The van der Waals surface area contributed by atoms with E-state index in [0.29, 0.717) is 13.1 Å². The van der Waals surface area contributed by atoms with Gasteiger partial charge in [0.25, 0.3) is 0 Å². The summed E-state index contributed by atoms with van der Waals surface area (Å²) in [5, 5.41) is 8.07. The molecule has 5 nitrogen and oxygen atoms in total. The summed E-state index contributed by atoms with van der Waals surface area (Å²) >= 11 is 0. The lowest BCUT2D eigenvalue weighted by molar-refractivity contribution is 0.899. The fraction of sp³-hybridized carbons (Fsp3) is 0.294. The van der Waals surface area contributed by atoms with Crippen LogP contribution in [0.15, 0.2) is 30.3 Å². The maximum absolute atomic E-state index is 5.61. The summed E-state index contributed by atoms with van der Waals surface area (Å²) in [6.07, 6.45) is 0. The molecule has 0 saturated heterocycles. The Morgan fingerprint density at radius 3 is 2.55 bits per heavy atom. The van der Waals surface area contributed by atoms with Gasteiger partial charge in [-0.3, -0.25) is 0 Å². The van der Waals surface area contributed by atoms with E-state index in [1.807, 2.05) is 24.4 Å². The van der Waals surface area contributed by atoms with Gasteiger partial charge in [0.05, 0.1) is 5.69 Å². The zero-order valence-electron chi connectivity index (χ0n) is 13.2. The fourth-order valence-corrected chi connectivity index (χ4v) is 2.46. The van der Waals surface area contributed by atoms with Crippen molar-refractivity contribution in [3.8, 4) is 11.3 Å². The topological polar surface area (TPSA) is 68.2 Å². The summed E-state index contributed by atoms with van der Waals surface area (Å²) in [6.45, 7) is 7.43. The minimum atomic E-state index is 0.578. The molecule has 0 aliphatic heterocycles. The van der Waals surface area contributed by atoms with Gasteiger partial charge >= 0.3 is 0 Å². The predicted octanol–water partition coefficient (Wildman–Crippen LogP) is 2.69. The van der Waals surface area contributed by atoms with Gasteiger partial charge in [0.15, 0.2) is 5.65 Å². The molecule has 0 aliphatic rings. The molecule has 2 aromatic heterocycles. The molecule has 0 bridgehead atoms. The Hall–Kier alpha value is -2.40. The third-order valence-corrected chi connectivity index (χ3v) is 3.87. The van der Waals surface area contributed by atoms with Crippen molar-refractivity contribution in [3.05, 3.63) is 47.2 Å². The lowest BCUT2D eigenvalue weighted by Crippen LogP contribution is -2.17. The standard InChI is InChI=1S/C17H21N5/c1-11-4-6-14(7-5-11)15-10-16-20-13(3)12(2)17(19-9-8-18)22(16)21-15/h4-7,10,19H,8-9,18H2,1-3H3. The number of benzene rings is 1. The van der Waals surface area contributed by atoms with Crippen molar-refractivity contribution in [2.75, 3.05) is 18.4 Å². The summed E-state index contributed by atoms with van der Waals surface area (Å²) in [5.41, 5.74) is 11.8. The Labute approximate surface area is 130 Å². The van der Waals surface area contributed by atoms with Gasteiger partial charge in [0.2, 0.25) is 0 Å². The summed E-state index contributed by atoms with van der Waals surface area (Å²) in [7, 11) is 0. The van der Waals surface area contributed by atoms with E-state index in [4.69, 9.17) is 10.8 Å². The number of aryl methyl sites for hydroxylation is 2. The molecule has 114 valence electrons. The second kappa shape index (κ2) is 5.77. The van der Waals surface area contributed by atoms with Crippen LogP contribution in [0.4, 0.5) is 5.82 Å². The predicted molar refractivity (Wildman–Crippen MR) is 90.2 cm³/mol. The molecule has 0 amide bonds. The number of nitrogens with one attached hydrogen (secondary N) is 1. The lowest BCUT2D eigenvalue weighted by atomic mass is 10.1. The maximum Gasteiger partial charge on any atom is 0.158 e. The van der Waals surface area contributed by atoms with E-state index in [0.717, 1.165) is 34.0 Å². The SMILES string of the molecule is Cc1ccc(-c2cc3nc(C)c(C)c(NCCN)n3n2)cc1. The van der Waals surface area contributed by atoms with Gasteiger partial charge in [-0.25, -0.2) is 4.98 Å². The normalized spacial score (nSPS) is 11.1. The van der Waals surface area contributed by atoms with Crippen LogP contribution in [0.3, 0.4) is 0 Å². The second-order valence-electron chi connectivity index (χ2n) is 5.55. The van der Waals surface area contributed by atoms with Crippen molar-refractivity contribution < 1.29 is 0 Å². The highest BCUT2D eigenvalue weighted by Gasteiger charge is 2.13. The van der Waals surface area contributed by atoms with Gasteiger partial charge < -0.3 is 11.1 Å². The number of nitrogens with two attached hydrogens (primary N) is 1. The molecule has 0 spiro atoms. The number of aromatic nitrogens is 3. The lowest BCUT2D eigenvalue weighted by Gasteiger charge is -2.12. The first-order chi connectivity index (χ1) is 10.6. The molecule has 0 atom stereocenters. The molecular formula is C17H21N5. The van der Waals surface area contributed by atoms with Gasteiger partial charge in [-0.2, -0.15) is 9.61 Å². The summed E-state index contributed by atoms with van der Waals surface area (Å²) < 4.78 is 1.87. The average molecular weight is 295 g/mol. The van der Waals surface area contributed by atoms with E-state index in [2.05, 4.69) is 41.5 Å². The molecular weight excluding hydrogens is 274 g/mol. The van der Waals surface area contributed by atoms with Crippen molar-refractivity contribution >= 4 is 11.5 Å². The molecule has 22 heavy (non-hydrogen) atoms. The van der Waals surface area contributed by atoms with E-state index in [1.54, 1.807) is 0 Å². The van der Waals surface area contributed by atoms with Crippen LogP contribution in [0, 0.1) is 20.8 Å². The molecule has 2 heterocycles. The first-order valence-electron chi connectivity index (χ1n) is 7.48. The highest BCUT2D eigenvalue weighted by Crippen LogP contribution is 2.24. The first-order valence-corrected chi connectivity index (χ1v) is 7.48. The smallest absolute Gasteiger partial charge is 0.158 e. The largest absolute Gasteiger partial charge is 0.368 e. The minimum Gasteiger partial charge on any atom is -0.368 e. The second-order valence-corrected chi connectivity index (χ2v) is 5.55. The highest BCUT2D eigenvalue weighted by molar-refractivity contribution is 5.67. The van der Waals surface area contributed by atoms with Crippen LogP contribution in [-0.4, -0.2) is 27.7 Å².